The lowest BCUT2D eigenvalue weighted by Crippen LogP contribution is -2.51. The molecule has 0 spiro atoms. The van der Waals surface area contributed by atoms with Crippen molar-refractivity contribution in [3.63, 3.8) is 0 Å². The average Bonchev–Trinajstić information content (AvgIpc) is 3.44. The highest BCUT2D eigenvalue weighted by molar-refractivity contribution is 5.84. The van der Waals surface area contributed by atoms with E-state index in [2.05, 4.69) is 34.9 Å². The number of ether oxygens (including phenoxy) is 1. The first-order valence-corrected chi connectivity index (χ1v) is 12.0. The smallest absolute Gasteiger partial charge is 0.407 e. The molecule has 180 valence electrons. The molecule has 2 aliphatic carbocycles. The van der Waals surface area contributed by atoms with Crippen molar-refractivity contribution >= 4 is 18.0 Å². The van der Waals surface area contributed by atoms with E-state index in [-0.39, 0.29) is 31.0 Å². The van der Waals surface area contributed by atoms with E-state index in [1.54, 1.807) is 6.92 Å². The van der Waals surface area contributed by atoms with Gasteiger partial charge in [0.1, 0.15) is 6.61 Å². The van der Waals surface area contributed by atoms with Crippen LogP contribution in [0.2, 0.25) is 0 Å². The molecule has 34 heavy (non-hydrogen) atoms. The second kappa shape index (κ2) is 9.87. The zero-order valence-corrected chi connectivity index (χ0v) is 19.7. The van der Waals surface area contributed by atoms with Gasteiger partial charge in [-0.25, -0.2) is 4.79 Å². The first-order chi connectivity index (χ1) is 16.3. The van der Waals surface area contributed by atoms with Crippen molar-refractivity contribution in [2.45, 2.75) is 51.5 Å². The normalized spacial score (nSPS) is 20.6. The van der Waals surface area contributed by atoms with Gasteiger partial charge in [0.15, 0.2) is 0 Å². The first-order valence-electron chi connectivity index (χ1n) is 12.0. The Hall–Kier alpha value is -3.35. The number of aliphatic carboxylic acids is 1. The number of carbonyl (C=O) groups is 3. The van der Waals surface area contributed by atoms with Gasteiger partial charge in [0.2, 0.25) is 5.91 Å². The van der Waals surface area contributed by atoms with E-state index < -0.39 is 23.4 Å². The molecule has 4 rings (SSSR count). The lowest BCUT2D eigenvalue weighted by molar-refractivity contribution is -0.142. The Bertz CT molecular complexity index is 1040. The van der Waals surface area contributed by atoms with Crippen molar-refractivity contribution < 1.29 is 24.2 Å². The van der Waals surface area contributed by atoms with Gasteiger partial charge in [-0.2, -0.15) is 0 Å². The van der Waals surface area contributed by atoms with Gasteiger partial charge in [0.25, 0.3) is 0 Å². The van der Waals surface area contributed by atoms with Gasteiger partial charge in [-0.05, 0) is 48.4 Å². The highest BCUT2D eigenvalue weighted by atomic mass is 16.5. The molecule has 0 saturated heterocycles. The monoisotopic (exact) mass is 464 g/mol. The summed E-state index contributed by atoms with van der Waals surface area (Å²) in [6.45, 7) is 3.97. The number of benzene rings is 2. The fraction of sp³-hybridized carbons (Fsp3) is 0.444. The van der Waals surface area contributed by atoms with Crippen LogP contribution in [0.15, 0.2) is 48.5 Å². The maximum Gasteiger partial charge on any atom is 0.407 e. The molecular weight excluding hydrogens is 432 g/mol. The van der Waals surface area contributed by atoms with Gasteiger partial charge in [0, 0.05) is 18.5 Å². The Kier molecular flexibility index (Phi) is 6.91. The Morgan fingerprint density at radius 3 is 2.24 bits per heavy atom. The third kappa shape index (κ3) is 4.65. The number of amides is 2. The maximum atomic E-state index is 13.0. The van der Waals surface area contributed by atoms with E-state index in [4.69, 9.17) is 4.74 Å². The van der Waals surface area contributed by atoms with Crippen molar-refractivity contribution in [2.75, 3.05) is 13.2 Å². The van der Waals surface area contributed by atoms with Gasteiger partial charge in [0.05, 0.1) is 11.3 Å². The number of nitrogens with one attached hydrogen (secondary N) is 2. The quantitative estimate of drug-likeness (QED) is 0.540. The Morgan fingerprint density at radius 2 is 1.65 bits per heavy atom. The summed E-state index contributed by atoms with van der Waals surface area (Å²) in [6, 6.07) is 15.9. The largest absolute Gasteiger partial charge is 0.481 e. The van der Waals surface area contributed by atoms with Crippen LogP contribution in [0.1, 0.15) is 56.6 Å². The van der Waals surface area contributed by atoms with Gasteiger partial charge in [-0.1, -0.05) is 61.9 Å². The van der Waals surface area contributed by atoms with E-state index in [9.17, 15) is 19.5 Å². The van der Waals surface area contributed by atoms with Gasteiger partial charge >= 0.3 is 12.1 Å². The van der Waals surface area contributed by atoms with Gasteiger partial charge in [-0.15, -0.1) is 0 Å². The second-order valence-electron chi connectivity index (χ2n) is 9.55. The van der Waals surface area contributed by atoms with Crippen LogP contribution in [-0.2, 0) is 14.3 Å². The second-order valence-corrected chi connectivity index (χ2v) is 9.55. The summed E-state index contributed by atoms with van der Waals surface area (Å²) < 4.78 is 5.58. The summed E-state index contributed by atoms with van der Waals surface area (Å²) >= 11 is 0. The Labute approximate surface area is 199 Å². The summed E-state index contributed by atoms with van der Waals surface area (Å²) in [5, 5.41) is 15.0. The minimum atomic E-state index is -0.877. The highest BCUT2D eigenvalue weighted by Gasteiger charge is 2.39. The molecule has 2 aromatic rings. The Balaban J connectivity index is 1.34. The minimum absolute atomic E-state index is 0.0330. The van der Waals surface area contributed by atoms with Crippen LogP contribution < -0.4 is 10.6 Å². The molecule has 1 fully saturated rings. The third-order valence-corrected chi connectivity index (χ3v) is 7.44. The van der Waals surface area contributed by atoms with Crippen molar-refractivity contribution in [1.82, 2.24) is 10.6 Å². The molecule has 7 heteroatoms. The van der Waals surface area contributed by atoms with Crippen molar-refractivity contribution in [3.8, 4) is 11.1 Å². The maximum absolute atomic E-state index is 13.0. The molecule has 0 radical (unpaired) electrons. The molecule has 2 aromatic carbocycles. The van der Waals surface area contributed by atoms with E-state index in [1.165, 1.54) is 0 Å². The molecule has 0 bridgehead atoms. The summed E-state index contributed by atoms with van der Waals surface area (Å²) in [6.07, 6.45) is 1.93. The van der Waals surface area contributed by atoms with Crippen LogP contribution in [0.25, 0.3) is 11.1 Å². The summed E-state index contributed by atoms with van der Waals surface area (Å²) in [5.41, 5.74) is 3.73. The predicted molar refractivity (Wildman–Crippen MR) is 128 cm³/mol. The van der Waals surface area contributed by atoms with E-state index in [0.717, 1.165) is 28.7 Å². The number of fused-ring (bicyclic) bond motifs is 3. The fourth-order valence-corrected chi connectivity index (χ4v) is 5.05. The minimum Gasteiger partial charge on any atom is -0.481 e. The number of carbonyl (C=O) groups excluding carboxylic acids is 2. The van der Waals surface area contributed by atoms with Crippen molar-refractivity contribution in [1.29, 1.82) is 0 Å². The molecule has 1 saturated carbocycles. The van der Waals surface area contributed by atoms with Crippen LogP contribution >= 0.6 is 0 Å². The predicted octanol–water partition coefficient (Wildman–Crippen LogP) is 4.31. The topological polar surface area (TPSA) is 105 Å². The van der Waals surface area contributed by atoms with Crippen LogP contribution in [0.5, 0.6) is 0 Å². The lowest BCUT2D eigenvalue weighted by atomic mass is 9.85. The van der Waals surface area contributed by atoms with Gasteiger partial charge in [-0.3, -0.25) is 9.59 Å². The average molecular weight is 465 g/mol. The highest BCUT2D eigenvalue weighted by Crippen LogP contribution is 2.44. The standard InChI is InChI=1S/C27H32N2O5/c1-3-27(2,25(32)29-23-14-8-13-21(23)24(30)31)16-28-26(33)34-15-22-19-11-6-4-9-17(19)18-10-5-7-12-20(18)22/h4-7,9-12,21-23H,3,8,13-16H2,1-2H3,(H,28,33)(H,29,32)(H,30,31)/t21-,23+,27?/m1/s1. The van der Waals surface area contributed by atoms with E-state index in [1.807, 2.05) is 31.2 Å². The number of alkyl carbamates (subject to hydrolysis) is 1. The van der Waals surface area contributed by atoms with Crippen LogP contribution in [0.4, 0.5) is 4.79 Å². The lowest BCUT2D eigenvalue weighted by Gasteiger charge is -2.30. The third-order valence-electron chi connectivity index (χ3n) is 7.44. The molecule has 0 aromatic heterocycles. The molecular formula is C27H32N2O5. The molecule has 0 aliphatic heterocycles. The van der Waals surface area contributed by atoms with Crippen molar-refractivity contribution in [3.05, 3.63) is 59.7 Å². The van der Waals surface area contributed by atoms with Gasteiger partial charge < -0.3 is 20.5 Å². The Morgan fingerprint density at radius 1 is 1.03 bits per heavy atom. The van der Waals surface area contributed by atoms with Crippen LogP contribution in [0.3, 0.4) is 0 Å². The van der Waals surface area contributed by atoms with Crippen molar-refractivity contribution in [2.24, 2.45) is 11.3 Å². The zero-order valence-electron chi connectivity index (χ0n) is 19.7. The summed E-state index contributed by atoms with van der Waals surface area (Å²) in [4.78, 5) is 37.0. The van der Waals surface area contributed by atoms with E-state index >= 15 is 0 Å². The number of hydrogen-bond donors (Lipinski definition) is 3. The molecule has 3 atom stereocenters. The first kappa shape index (κ1) is 23.8. The summed E-state index contributed by atoms with van der Waals surface area (Å²) in [5.74, 6) is -1.71. The zero-order chi connectivity index (χ0) is 24.3. The van der Waals surface area contributed by atoms with E-state index in [0.29, 0.717) is 19.3 Å². The SMILES string of the molecule is CCC(C)(CNC(=O)OCC1c2ccccc2-c2ccccc21)C(=O)N[C@H]1CCC[C@H]1C(=O)O. The number of carboxylic acid groups (broad SMARTS) is 1. The molecule has 7 nitrogen and oxygen atoms in total. The molecule has 1 unspecified atom stereocenters. The number of rotatable bonds is 8. The van der Waals surface area contributed by atoms with Crippen LogP contribution in [-0.4, -0.2) is 42.3 Å². The number of hydrogen-bond acceptors (Lipinski definition) is 4. The fourth-order valence-electron chi connectivity index (χ4n) is 5.05. The number of carboxylic acids is 1. The molecule has 2 amide bonds. The molecule has 3 N–H and O–H groups in total. The molecule has 0 heterocycles. The summed E-state index contributed by atoms with van der Waals surface area (Å²) in [7, 11) is 0. The molecule has 2 aliphatic rings. The van der Waals surface area contributed by atoms with Crippen LogP contribution in [0, 0.1) is 11.3 Å².